The van der Waals surface area contributed by atoms with Crippen molar-refractivity contribution in [3.8, 4) is 0 Å². The van der Waals surface area contributed by atoms with Gasteiger partial charge in [0, 0.05) is 19.3 Å². The quantitative estimate of drug-likeness (QED) is 0.284. The number of hydrogen-bond donors (Lipinski definition) is 2. The summed E-state index contributed by atoms with van der Waals surface area (Å²) in [7, 11) is 0. The monoisotopic (exact) mass is 385 g/mol. The smallest absolute Gasteiger partial charge is 0.303 e. The van der Waals surface area contributed by atoms with Gasteiger partial charge in [-0.15, -0.1) is 0 Å². The number of nitrogens with two attached hydrogens (primary N) is 1. The molecule has 0 spiro atoms. The van der Waals surface area contributed by atoms with Gasteiger partial charge in [0.2, 0.25) is 5.91 Å². The van der Waals surface area contributed by atoms with E-state index in [4.69, 9.17) is 15.6 Å². The molecular weight excluding hydrogens is 346 g/mol. The summed E-state index contributed by atoms with van der Waals surface area (Å²) >= 11 is 0. The molecule has 0 aromatic carbocycles. The van der Waals surface area contributed by atoms with Crippen LogP contribution in [0, 0.1) is 11.8 Å². The van der Waals surface area contributed by atoms with E-state index in [2.05, 4.69) is 6.92 Å². The molecule has 158 valence electrons. The van der Waals surface area contributed by atoms with Crippen LogP contribution in [-0.2, 0) is 19.1 Å². The number of carbonyl (C=O) groups is 3. The zero-order valence-electron chi connectivity index (χ0n) is 17.4. The fourth-order valence-electron chi connectivity index (χ4n) is 3.42. The van der Waals surface area contributed by atoms with E-state index in [0.29, 0.717) is 6.42 Å². The molecule has 0 aliphatic carbocycles. The van der Waals surface area contributed by atoms with Gasteiger partial charge in [-0.2, -0.15) is 0 Å². The molecule has 0 saturated carbocycles. The van der Waals surface area contributed by atoms with E-state index in [1.165, 1.54) is 6.92 Å². The van der Waals surface area contributed by atoms with E-state index >= 15 is 0 Å². The molecule has 3 unspecified atom stereocenters. The van der Waals surface area contributed by atoms with Crippen molar-refractivity contribution in [1.29, 1.82) is 0 Å². The highest BCUT2D eigenvalue weighted by atomic mass is 16.5. The SMILES string of the molecule is CCCCCC(CCCC(CCCCC(C)CC(=O)O)C(N)=O)OC(C)=O. The van der Waals surface area contributed by atoms with Crippen LogP contribution >= 0.6 is 0 Å². The Labute approximate surface area is 164 Å². The van der Waals surface area contributed by atoms with Crippen molar-refractivity contribution in [2.24, 2.45) is 17.6 Å². The molecule has 1 amide bonds. The molecule has 0 aliphatic heterocycles. The maximum atomic E-state index is 11.7. The lowest BCUT2D eigenvalue weighted by Gasteiger charge is -2.19. The number of amides is 1. The van der Waals surface area contributed by atoms with Crippen molar-refractivity contribution in [3.63, 3.8) is 0 Å². The summed E-state index contributed by atoms with van der Waals surface area (Å²) in [5.41, 5.74) is 5.54. The lowest BCUT2D eigenvalue weighted by atomic mass is 9.92. The Balaban J connectivity index is 4.18. The highest BCUT2D eigenvalue weighted by molar-refractivity contribution is 5.76. The van der Waals surface area contributed by atoms with Gasteiger partial charge < -0.3 is 15.6 Å². The molecular formula is C21H39NO5. The van der Waals surface area contributed by atoms with Crippen LogP contribution in [0.2, 0.25) is 0 Å². The standard InChI is InChI=1S/C21H39NO5/c1-4-5-6-13-19(27-17(3)23)14-9-12-18(21(22)26)11-8-7-10-16(2)15-20(24)25/h16,18-19H,4-15H2,1-3H3,(H2,22,26)(H,24,25). The second-order valence-corrected chi connectivity index (χ2v) is 7.74. The van der Waals surface area contributed by atoms with Crippen LogP contribution in [-0.4, -0.2) is 29.1 Å². The van der Waals surface area contributed by atoms with E-state index in [1.807, 2.05) is 6.92 Å². The van der Waals surface area contributed by atoms with Crippen LogP contribution < -0.4 is 5.73 Å². The first-order valence-corrected chi connectivity index (χ1v) is 10.4. The summed E-state index contributed by atoms with van der Waals surface area (Å²) in [6, 6.07) is 0. The molecule has 0 bridgehead atoms. The fraction of sp³-hybridized carbons (Fsp3) is 0.857. The molecule has 0 rings (SSSR count). The van der Waals surface area contributed by atoms with Crippen LogP contribution in [0.5, 0.6) is 0 Å². The van der Waals surface area contributed by atoms with E-state index in [9.17, 15) is 14.4 Å². The molecule has 0 radical (unpaired) electrons. The van der Waals surface area contributed by atoms with Crippen molar-refractivity contribution >= 4 is 17.8 Å². The van der Waals surface area contributed by atoms with Crippen molar-refractivity contribution in [1.82, 2.24) is 0 Å². The predicted octanol–water partition coefficient (Wildman–Crippen LogP) is 4.44. The summed E-state index contributed by atoms with van der Waals surface area (Å²) in [5.74, 6) is -1.30. The number of carbonyl (C=O) groups excluding carboxylic acids is 2. The highest BCUT2D eigenvalue weighted by Gasteiger charge is 2.18. The van der Waals surface area contributed by atoms with Gasteiger partial charge >= 0.3 is 11.9 Å². The molecule has 0 fully saturated rings. The highest BCUT2D eigenvalue weighted by Crippen LogP contribution is 2.21. The van der Waals surface area contributed by atoms with Gasteiger partial charge in [0.15, 0.2) is 0 Å². The number of ether oxygens (including phenoxy) is 1. The average molecular weight is 386 g/mol. The van der Waals surface area contributed by atoms with Gasteiger partial charge in [-0.1, -0.05) is 46.0 Å². The van der Waals surface area contributed by atoms with Gasteiger partial charge in [-0.3, -0.25) is 14.4 Å². The third-order valence-corrected chi connectivity index (χ3v) is 4.97. The minimum atomic E-state index is -0.765. The lowest BCUT2D eigenvalue weighted by molar-refractivity contribution is -0.147. The Kier molecular flexibility index (Phi) is 14.6. The zero-order valence-corrected chi connectivity index (χ0v) is 17.4. The van der Waals surface area contributed by atoms with Crippen LogP contribution in [0.15, 0.2) is 0 Å². The molecule has 6 nitrogen and oxygen atoms in total. The fourth-order valence-corrected chi connectivity index (χ4v) is 3.42. The molecule has 0 heterocycles. The topological polar surface area (TPSA) is 107 Å². The van der Waals surface area contributed by atoms with Gasteiger partial charge in [-0.25, -0.2) is 0 Å². The number of primary amides is 1. The minimum absolute atomic E-state index is 0.0700. The maximum absolute atomic E-state index is 11.7. The zero-order chi connectivity index (χ0) is 20.7. The molecule has 3 N–H and O–H groups in total. The number of carboxylic acid groups (broad SMARTS) is 1. The van der Waals surface area contributed by atoms with E-state index in [-0.39, 0.29) is 36.2 Å². The third kappa shape index (κ3) is 15.2. The molecule has 0 aliphatic rings. The number of hydrogen-bond acceptors (Lipinski definition) is 4. The lowest BCUT2D eigenvalue weighted by Crippen LogP contribution is -2.24. The number of rotatable bonds is 17. The van der Waals surface area contributed by atoms with Crippen molar-refractivity contribution in [3.05, 3.63) is 0 Å². The van der Waals surface area contributed by atoms with Crippen molar-refractivity contribution in [2.45, 2.75) is 104 Å². The summed E-state index contributed by atoms with van der Waals surface area (Å²) in [5, 5.41) is 8.77. The Hall–Kier alpha value is -1.59. The third-order valence-electron chi connectivity index (χ3n) is 4.97. The van der Waals surface area contributed by atoms with E-state index in [1.54, 1.807) is 0 Å². The average Bonchev–Trinajstić information content (AvgIpc) is 2.55. The van der Waals surface area contributed by atoms with Gasteiger partial charge in [0.05, 0.1) is 0 Å². The Morgan fingerprint density at radius 2 is 1.48 bits per heavy atom. The van der Waals surface area contributed by atoms with Gasteiger partial charge in [-0.05, 0) is 44.4 Å². The van der Waals surface area contributed by atoms with Crippen LogP contribution in [0.4, 0.5) is 0 Å². The van der Waals surface area contributed by atoms with E-state index < -0.39 is 5.97 Å². The van der Waals surface area contributed by atoms with Crippen LogP contribution in [0.1, 0.15) is 97.8 Å². The first kappa shape index (κ1) is 25.4. The minimum Gasteiger partial charge on any atom is -0.481 e. The Morgan fingerprint density at radius 1 is 0.926 bits per heavy atom. The number of aliphatic carboxylic acids is 1. The normalized spacial score (nSPS) is 14.3. The molecule has 6 heteroatoms. The summed E-state index contributed by atoms with van der Waals surface area (Å²) in [6.45, 7) is 5.51. The van der Waals surface area contributed by atoms with Gasteiger partial charge in [0.1, 0.15) is 6.10 Å². The molecule has 0 saturated heterocycles. The Morgan fingerprint density at radius 3 is 2.04 bits per heavy atom. The summed E-state index contributed by atoms with van der Waals surface area (Å²) < 4.78 is 5.39. The molecule has 27 heavy (non-hydrogen) atoms. The first-order valence-electron chi connectivity index (χ1n) is 10.4. The van der Waals surface area contributed by atoms with Crippen molar-refractivity contribution < 1.29 is 24.2 Å². The second-order valence-electron chi connectivity index (χ2n) is 7.74. The van der Waals surface area contributed by atoms with E-state index in [0.717, 1.165) is 64.2 Å². The maximum Gasteiger partial charge on any atom is 0.303 e. The largest absolute Gasteiger partial charge is 0.481 e. The Bertz CT molecular complexity index is 438. The summed E-state index contributed by atoms with van der Waals surface area (Å²) in [6.07, 6.45) is 9.96. The van der Waals surface area contributed by atoms with Crippen molar-refractivity contribution in [2.75, 3.05) is 0 Å². The number of unbranched alkanes of at least 4 members (excludes halogenated alkanes) is 3. The molecule has 3 atom stereocenters. The molecule has 0 aromatic rings. The molecule has 0 aromatic heterocycles. The summed E-state index contributed by atoms with van der Waals surface area (Å²) in [4.78, 5) is 33.6. The van der Waals surface area contributed by atoms with Crippen LogP contribution in [0.3, 0.4) is 0 Å². The number of esters is 1. The van der Waals surface area contributed by atoms with Crippen LogP contribution in [0.25, 0.3) is 0 Å². The second kappa shape index (κ2) is 15.5. The first-order chi connectivity index (χ1) is 12.8. The number of carboxylic acids is 1. The predicted molar refractivity (Wildman–Crippen MR) is 106 cm³/mol. The van der Waals surface area contributed by atoms with Gasteiger partial charge in [0.25, 0.3) is 0 Å².